The molecule has 0 aromatic heterocycles. The average Bonchev–Trinajstić information content (AvgIpc) is 0.996. The number of ether oxygens (including phenoxy) is 4. The van der Waals surface area contributed by atoms with E-state index in [0.717, 1.165) is 115 Å². The topological polar surface area (TPSA) is 237 Å². The number of unbranched alkanes of at least 4 members (excludes halogenated alkanes) is 49. The Hall–Kier alpha value is -2.46. The molecule has 0 fully saturated rings. The molecule has 0 aliphatic heterocycles. The van der Waals surface area contributed by atoms with E-state index >= 15 is 0 Å². The van der Waals surface area contributed by atoms with E-state index in [0.29, 0.717) is 25.7 Å². The van der Waals surface area contributed by atoms with Gasteiger partial charge in [-0.15, -0.1) is 0 Å². The van der Waals surface area contributed by atoms with Crippen LogP contribution in [0.1, 0.15) is 413 Å². The smallest absolute Gasteiger partial charge is 0.462 e. The van der Waals surface area contributed by atoms with Gasteiger partial charge in [-0.2, -0.15) is 0 Å². The van der Waals surface area contributed by atoms with Crippen LogP contribution in [0.25, 0.3) is 0 Å². The number of carbonyl (C=O) groups is 4. The summed E-state index contributed by atoms with van der Waals surface area (Å²) in [5, 5.41) is 10.6. The van der Waals surface area contributed by atoms with Gasteiger partial charge in [0.1, 0.15) is 19.3 Å². The first-order valence-electron chi connectivity index (χ1n) is 42.0. The lowest BCUT2D eigenvalue weighted by atomic mass is 10.0. The van der Waals surface area contributed by atoms with E-state index in [9.17, 15) is 43.2 Å². The lowest BCUT2D eigenvalue weighted by Crippen LogP contribution is -2.30. The fourth-order valence-corrected chi connectivity index (χ4v) is 13.8. The number of allylic oxidation sites excluding steroid dienone is 4. The predicted octanol–water partition coefficient (Wildman–Crippen LogP) is 24.4. The summed E-state index contributed by atoms with van der Waals surface area (Å²) in [5.41, 5.74) is 0. The van der Waals surface area contributed by atoms with E-state index in [1.807, 2.05) is 0 Å². The number of hydrogen-bond donors (Lipinski definition) is 3. The van der Waals surface area contributed by atoms with Crippen LogP contribution in [0.15, 0.2) is 24.3 Å². The minimum Gasteiger partial charge on any atom is -0.462 e. The monoisotopic (exact) mass is 1480 g/mol. The summed E-state index contributed by atoms with van der Waals surface area (Å²) in [6, 6.07) is 0. The van der Waals surface area contributed by atoms with Gasteiger partial charge in [0.2, 0.25) is 0 Å². The highest BCUT2D eigenvalue weighted by molar-refractivity contribution is 7.47. The second-order valence-corrected chi connectivity index (χ2v) is 32.2. The second kappa shape index (κ2) is 74.4. The zero-order chi connectivity index (χ0) is 74.1. The molecule has 0 bridgehead atoms. The Kier molecular flexibility index (Phi) is 72.6. The lowest BCUT2D eigenvalue weighted by Gasteiger charge is -2.21. The van der Waals surface area contributed by atoms with Crippen LogP contribution in [0, 0.1) is 5.92 Å². The quantitative estimate of drug-likeness (QED) is 0.0169. The van der Waals surface area contributed by atoms with E-state index in [4.69, 9.17) is 37.0 Å². The van der Waals surface area contributed by atoms with Crippen molar-refractivity contribution in [2.75, 3.05) is 39.6 Å². The Morgan fingerprint density at radius 2 is 0.535 bits per heavy atom. The van der Waals surface area contributed by atoms with Gasteiger partial charge in [0, 0.05) is 25.7 Å². The molecule has 5 atom stereocenters. The van der Waals surface area contributed by atoms with Crippen molar-refractivity contribution in [2.45, 2.75) is 432 Å². The van der Waals surface area contributed by atoms with Crippen molar-refractivity contribution in [3.63, 3.8) is 0 Å². The van der Waals surface area contributed by atoms with Crippen molar-refractivity contribution < 1.29 is 80.2 Å². The summed E-state index contributed by atoms with van der Waals surface area (Å²) in [6.45, 7) is 7.30. The summed E-state index contributed by atoms with van der Waals surface area (Å²) in [5.74, 6) is -1.32. The Bertz CT molecular complexity index is 2020. The number of phosphoric ester groups is 2. The summed E-state index contributed by atoms with van der Waals surface area (Å²) in [4.78, 5) is 73.0. The normalized spacial score (nSPS) is 14.0. The van der Waals surface area contributed by atoms with Crippen LogP contribution in [0.4, 0.5) is 0 Å². The molecule has 0 rings (SSSR count). The van der Waals surface area contributed by atoms with Gasteiger partial charge in [-0.1, -0.05) is 361 Å². The molecule has 0 saturated heterocycles. The Morgan fingerprint density at radius 1 is 0.307 bits per heavy atom. The molecule has 0 amide bonds. The number of hydrogen-bond acceptors (Lipinski definition) is 15. The highest BCUT2D eigenvalue weighted by Gasteiger charge is 2.30. The highest BCUT2D eigenvalue weighted by atomic mass is 31.2. The molecule has 0 saturated carbocycles. The molecular weight excluding hydrogens is 1320 g/mol. The van der Waals surface area contributed by atoms with Crippen LogP contribution in [0.3, 0.4) is 0 Å². The molecule has 19 heteroatoms. The van der Waals surface area contributed by atoms with Gasteiger partial charge in [-0.3, -0.25) is 37.3 Å². The van der Waals surface area contributed by atoms with Crippen LogP contribution in [0.2, 0.25) is 0 Å². The molecule has 0 radical (unpaired) electrons. The molecule has 0 aromatic carbocycles. The highest BCUT2D eigenvalue weighted by Crippen LogP contribution is 2.45. The minimum atomic E-state index is -4.97. The third kappa shape index (κ3) is 75.6. The van der Waals surface area contributed by atoms with Crippen LogP contribution in [0.5, 0.6) is 0 Å². The van der Waals surface area contributed by atoms with Gasteiger partial charge in [0.05, 0.1) is 26.4 Å². The fraction of sp³-hybridized carbons (Fsp3) is 0.902. The van der Waals surface area contributed by atoms with Crippen molar-refractivity contribution in [3.05, 3.63) is 24.3 Å². The summed E-state index contributed by atoms with van der Waals surface area (Å²) < 4.78 is 68.7. The van der Waals surface area contributed by atoms with E-state index in [-0.39, 0.29) is 25.7 Å². The van der Waals surface area contributed by atoms with Crippen molar-refractivity contribution in [2.24, 2.45) is 5.92 Å². The average molecular weight is 1480 g/mol. The van der Waals surface area contributed by atoms with Crippen molar-refractivity contribution in [1.82, 2.24) is 0 Å². The van der Waals surface area contributed by atoms with E-state index < -0.39 is 97.5 Å². The first-order chi connectivity index (χ1) is 49.0. The number of carbonyl (C=O) groups excluding carboxylic acids is 4. The van der Waals surface area contributed by atoms with E-state index in [2.05, 4.69) is 58.9 Å². The molecule has 2 unspecified atom stereocenters. The molecule has 3 N–H and O–H groups in total. The molecule has 596 valence electrons. The van der Waals surface area contributed by atoms with E-state index in [1.54, 1.807) is 0 Å². The molecule has 101 heavy (non-hydrogen) atoms. The molecule has 0 aliphatic carbocycles. The number of aliphatic hydroxyl groups excluding tert-OH is 1. The summed E-state index contributed by atoms with van der Waals surface area (Å²) in [6.07, 6.45) is 68.7. The van der Waals surface area contributed by atoms with Gasteiger partial charge in [0.15, 0.2) is 12.2 Å². The standard InChI is InChI=1S/C82H156O17P2/c1-6-9-12-15-18-21-24-26-32-37-41-46-51-56-61-66-80(85)93-72-78(99-82(87)68-63-58-53-48-43-38-34-31-29-28-30-33-35-40-44-49-54-59-64-75(4)5)74-97-101(90,91)95-70-76(83)69-94-100(88,89)96-73-77(71-92-79(84)65-60-55-50-45-39-23-20-17-14-11-8-3)98-81(86)67-62-57-52-47-42-36-27-25-22-19-16-13-10-7-2/h21,24,26,32,75-78,83H,6-20,22-23,25,27-31,33-74H2,1-5H3,(H,88,89)(H,90,91)/b24-21-,32-26-/t76-,77+,78+/m0/s1. The third-order valence-corrected chi connectivity index (χ3v) is 20.6. The van der Waals surface area contributed by atoms with Gasteiger partial charge in [-0.25, -0.2) is 9.13 Å². The minimum absolute atomic E-state index is 0.102. The Balaban J connectivity index is 5.26. The molecule has 0 spiro atoms. The van der Waals surface area contributed by atoms with Gasteiger partial charge in [-0.05, 0) is 57.3 Å². The van der Waals surface area contributed by atoms with Gasteiger partial charge < -0.3 is 33.8 Å². The Labute approximate surface area is 618 Å². The fourth-order valence-electron chi connectivity index (χ4n) is 12.2. The van der Waals surface area contributed by atoms with Crippen LogP contribution in [-0.4, -0.2) is 96.7 Å². The third-order valence-electron chi connectivity index (χ3n) is 18.7. The summed E-state index contributed by atoms with van der Waals surface area (Å²) >= 11 is 0. The lowest BCUT2D eigenvalue weighted by molar-refractivity contribution is -0.161. The van der Waals surface area contributed by atoms with Crippen LogP contribution in [-0.2, 0) is 65.4 Å². The van der Waals surface area contributed by atoms with Crippen molar-refractivity contribution >= 4 is 39.5 Å². The number of esters is 4. The zero-order valence-corrected chi connectivity index (χ0v) is 67.3. The van der Waals surface area contributed by atoms with Crippen molar-refractivity contribution in [1.29, 1.82) is 0 Å². The maximum Gasteiger partial charge on any atom is 0.472 e. The van der Waals surface area contributed by atoms with E-state index in [1.165, 1.54) is 218 Å². The largest absolute Gasteiger partial charge is 0.472 e. The van der Waals surface area contributed by atoms with Gasteiger partial charge in [0.25, 0.3) is 0 Å². The number of aliphatic hydroxyl groups is 1. The zero-order valence-electron chi connectivity index (χ0n) is 65.5. The molecule has 0 aromatic rings. The Morgan fingerprint density at radius 3 is 0.812 bits per heavy atom. The predicted molar refractivity (Wildman–Crippen MR) is 414 cm³/mol. The first kappa shape index (κ1) is 98.5. The summed E-state index contributed by atoms with van der Waals surface area (Å²) in [7, 11) is -9.93. The molecule has 0 heterocycles. The maximum atomic E-state index is 13.1. The number of rotatable bonds is 80. The van der Waals surface area contributed by atoms with Crippen LogP contribution >= 0.6 is 15.6 Å². The maximum absolute atomic E-state index is 13.1. The van der Waals surface area contributed by atoms with Crippen LogP contribution < -0.4 is 0 Å². The van der Waals surface area contributed by atoms with Gasteiger partial charge >= 0.3 is 39.5 Å². The number of phosphoric acid groups is 2. The molecule has 0 aliphatic rings. The first-order valence-corrected chi connectivity index (χ1v) is 44.9. The second-order valence-electron chi connectivity index (χ2n) is 29.3. The van der Waals surface area contributed by atoms with Crippen molar-refractivity contribution in [3.8, 4) is 0 Å². The molecule has 17 nitrogen and oxygen atoms in total. The SMILES string of the molecule is CCCCCC/C=C\C=C/CCCCCCCC(=O)OC[C@H](COP(=O)(O)OC[C@@H](O)COP(=O)(O)OC[C@@H](COC(=O)CCCCCCCCCCCCC)OC(=O)CCCCCCCCCCCCCCCC)OC(=O)CCCCCCCCCCCCCCCCCCCCC(C)C. The molecular formula is C82H156O17P2.